The van der Waals surface area contributed by atoms with Crippen molar-refractivity contribution in [2.24, 2.45) is 0 Å². The summed E-state index contributed by atoms with van der Waals surface area (Å²) in [6.45, 7) is 4.90. The van der Waals surface area contributed by atoms with Crippen molar-refractivity contribution in [3.63, 3.8) is 0 Å². The molecule has 0 saturated carbocycles. The predicted octanol–water partition coefficient (Wildman–Crippen LogP) is 1.90. The zero-order valence-electron chi connectivity index (χ0n) is 16.7. The number of piperidine rings is 1. The number of nitrogens with one attached hydrogen (secondary N) is 2. The Hall–Kier alpha value is -2.09. The van der Waals surface area contributed by atoms with Crippen LogP contribution >= 0.6 is 0 Å². The smallest absolute Gasteiger partial charge is 0.241 e. The van der Waals surface area contributed by atoms with Crippen LogP contribution in [0, 0.1) is 0 Å². The molecule has 0 aromatic heterocycles. The lowest BCUT2D eigenvalue weighted by Gasteiger charge is -2.23. The fourth-order valence-corrected chi connectivity index (χ4v) is 4.90. The highest BCUT2D eigenvalue weighted by molar-refractivity contribution is 7.89. The van der Waals surface area contributed by atoms with Crippen LogP contribution in [0.1, 0.15) is 36.8 Å². The van der Waals surface area contributed by atoms with Gasteiger partial charge in [0.1, 0.15) is 6.54 Å². The maximum absolute atomic E-state index is 12.7. The topological polar surface area (TPSA) is 69.1 Å². The van der Waals surface area contributed by atoms with Crippen LogP contribution in [0.3, 0.4) is 0 Å². The average Bonchev–Trinajstić information content (AvgIpc) is 2.99. The van der Waals surface area contributed by atoms with Gasteiger partial charge in [-0.1, -0.05) is 24.3 Å². The van der Waals surface area contributed by atoms with Crippen LogP contribution in [0.15, 0.2) is 47.4 Å². The minimum Gasteiger partial charge on any atom is -0.490 e. The monoisotopic (exact) mass is 417 g/mol. The Bertz CT molecular complexity index is 922. The first-order valence-corrected chi connectivity index (χ1v) is 11.9. The number of benzene rings is 2. The van der Waals surface area contributed by atoms with E-state index >= 15 is 0 Å². The fourth-order valence-electron chi connectivity index (χ4n) is 3.86. The van der Waals surface area contributed by atoms with Crippen LogP contribution in [-0.2, 0) is 23.1 Å². The van der Waals surface area contributed by atoms with Gasteiger partial charge in [-0.15, -0.1) is 0 Å². The summed E-state index contributed by atoms with van der Waals surface area (Å²) in [5.74, 6) is 1.07. The van der Waals surface area contributed by atoms with E-state index in [1.807, 2.05) is 12.1 Å². The first-order valence-electron chi connectivity index (χ1n) is 10.4. The van der Waals surface area contributed by atoms with Crippen molar-refractivity contribution in [1.29, 1.82) is 0 Å². The van der Waals surface area contributed by atoms with Gasteiger partial charge in [-0.2, -0.15) is 0 Å². The molecule has 0 atom stereocenters. The van der Waals surface area contributed by atoms with Crippen molar-refractivity contribution in [2.75, 3.05) is 26.3 Å². The zero-order valence-corrected chi connectivity index (χ0v) is 17.5. The highest BCUT2D eigenvalue weighted by Gasteiger charge is 2.19. The predicted molar refractivity (Wildman–Crippen MR) is 111 cm³/mol. The molecule has 2 aromatic carbocycles. The van der Waals surface area contributed by atoms with Crippen molar-refractivity contribution in [1.82, 2.24) is 4.72 Å². The largest absolute Gasteiger partial charge is 0.490 e. The maximum Gasteiger partial charge on any atom is 0.241 e. The molecular weight excluding hydrogens is 388 g/mol. The number of fused-ring (bicyclic) bond motifs is 1. The number of sulfonamides is 1. The third-order valence-corrected chi connectivity index (χ3v) is 6.93. The summed E-state index contributed by atoms with van der Waals surface area (Å²) >= 11 is 0. The van der Waals surface area contributed by atoms with Gasteiger partial charge in [0.15, 0.2) is 11.5 Å². The lowest BCUT2D eigenvalue weighted by atomic mass is 10.1. The molecule has 2 aromatic rings. The number of hydrogen-bond acceptors (Lipinski definition) is 4. The van der Waals surface area contributed by atoms with E-state index in [9.17, 15) is 8.42 Å². The van der Waals surface area contributed by atoms with Crippen molar-refractivity contribution in [3.05, 3.63) is 53.6 Å². The van der Waals surface area contributed by atoms with E-state index in [0.29, 0.717) is 24.7 Å². The minimum absolute atomic E-state index is 0.187. The molecule has 2 N–H and O–H groups in total. The number of hydrogen-bond donors (Lipinski definition) is 2. The highest BCUT2D eigenvalue weighted by Crippen LogP contribution is 2.31. The fraction of sp³-hybridized carbons (Fsp3) is 0.455. The van der Waals surface area contributed by atoms with E-state index in [1.165, 1.54) is 44.0 Å². The third kappa shape index (κ3) is 5.29. The van der Waals surface area contributed by atoms with Crippen LogP contribution in [0.25, 0.3) is 0 Å². The van der Waals surface area contributed by atoms with Gasteiger partial charge < -0.3 is 14.4 Å². The third-order valence-electron chi connectivity index (χ3n) is 5.53. The van der Waals surface area contributed by atoms with Crippen LogP contribution < -0.4 is 19.1 Å². The molecule has 6 nitrogen and oxygen atoms in total. The Labute approximate surface area is 172 Å². The van der Waals surface area contributed by atoms with Gasteiger partial charge in [-0.25, -0.2) is 13.1 Å². The summed E-state index contributed by atoms with van der Waals surface area (Å²) in [4.78, 5) is 1.83. The number of likely N-dealkylation sites (tertiary alicyclic amines) is 1. The van der Waals surface area contributed by atoms with Gasteiger partial charge in [0.25, 0.3) is 0 Å². The number of quaternary nitrogens is 1. The van der Waals surface area contributed by atoms with Crippen molar-refractivity contribution in [2.45, 2.75) is 43.7 Å². The normalized spacial score (nSPS) is 17.7. The molecule has 0 radical (unpaired) electrons. The van der Waals surface area contributed by atoms with Crippen LogP contribution in [0.4, 0.5) is 0 Å². The van der Waals surface area contributed by atoms with Crippen LogP contribution in [0.2, 0.25) is 0 Å². The molecule has 1 saturated heterocycles. The molecule has 0 aliphatic carbocycles. The Morgan fingerprint density at radius 3 is 2.28 bits per heavy atom. The van der Waals surface area contributed by atoms with Gasteiger partial charge in [-0.3, -0.25) is 0 Å². The number of ether oxygens (including phenoxy) is 2. The molecule has 156 valence electrons. The highest BCUT2D eigenvalue weighted by atomic mass is 32.2. The molecule has 29 heavy (non-hydrogen) atoms. The van der Waals surface area contributed by atoms with Gasteiger partial charge >= 0.3 is 0 Å². The average molecular weight is 418 g/mol. The Balaban J connectivity index is 1.37. The van der Waals surface area contributed by atoms with E-state index in [2.05, 4.69) is 16.9 Å². The Morgan fingerprint density at radius 2 is 1.52 bits per heavy atom. The van der Waals surface area contributed by atoms with E-state index in [-0.39, 0.29) is 11.4 Å². The van der Waals surface area contributed by atoms with Crippen molar-refractivity contribution in [3.8, 4) is 11.5 Å². The maximum atomic E-state index is 12.7. The molecule has 0 amide bonds. The van der Waals surface area contributed by atoms with Gasteiger partial charge in [0.05, 0.1) is 31.2 Å². The van der Waals surface area contributed by atoms with Gasteiger partial charge in [0.2, 0.25) is 10.0 Å². The lowest BCUT2D eigenvalue weighted by Crippen LogP contribution is -3.11. The molecule has 4 rings (SSSR count). The summed E-state index contributed by atoms with van der Waals surface area (Å²) < 4.78 is 39.2. The van der Waals surface area contributed by atoms with Crippen molar-refractivity contribution >= 4 is 10.0 Å². The molecule has 2 aliphatic heterocycles. The molecule has 1 fully saturated rings. The van der Waals surface area contributed by atoms with E-state index in [1.54, 1.807) is 17.0 Å². The Kier molecular flexibility index (Phi) is 6.37. The molecular formula is C22H29N2O4S+. The molecule has 0 spiro atoms. The summed E-state index contributed by atoms with van der Waals surface area (Å²) in [5.41, 5.74) is 2.25. The summed E-state index contributed by atoms with van der Waals surface area (Å²) in [6.07, 6.45) is 4.76. The Morgan fingerprint density at radius 1 is 0.828 bits per heavy atom. The minimum atomic E-state index is -3.63. The standard InChI is InChI=1S/C22H28N2O4S/c25-29(26,20-9-10-21-22(15-20)28-14-4-13-27-21)23-16-18-5-7-19(8-6-18)17-24-11-2-1-3-12-24/h5-10,15,23H,1-4,11-14,16-17H2/p+1. The molecule has 2 aliphatic rings. The summed E-state index contributed by atoms with van der Waals surface area (Å²) in [7, 11) is -3.63. The second-order valence-electron chi connectivity index (χ2n) is 7.79. The van der Waals surface area contributed by atoms with Gasteiger partial charge in [-0.05, 0) is 37.0 Å². The van der Waals surface area contributed by atoms with E-state index in [0.717, 1.165) is 18.5 Å². The molecule has 0 unspecified atom stereocenters. The quantitative estimate of drug-likeness (QED) is 0.753. The second kappa shape index (κ2) is 9.15. The second-order valence-corrected chi connectivity index (χ2v) is 9.55. The summed E-state index contributed by atoms with van der Waals surface area (Å²) in [5, 5.41) is 0. The first kappa shape index (κ1) is 20.2. The summed E-state index contributed by atoms with van der Waals surface area (Å²) in [6, 6.07) is 13.0. The van der Waals surface area contributed by atoms with Gasteiger partial charge in [0, 0.05) is 24.6 Å². The molecule has 0 bridgehead atoms. The van der Waals surface area contributed by atoms with Crippen LogP contribution in [-0.4, -0.2) is 34.7 Å². The zero-order chi connectivity index (χ0) is 20.1. The molecule has 7 heteroatoms. The van der Waals surface area contributed by atoms with E-state index in [4.69, 9.17) is 9.47 Å². The van der Waals surface area contributed by atoms with Crippen LogP contribution in [0.5, 0.6) is 11.5 Å². The lowest BCUT2D eigenvalue weighted by molar-refractivity contribution is -0.918. The van der Waals surface area contributed by atoms with E-state index < -0.39 is 10.0 Å². The molecule has 2 heterocycles. The van der Waals surface area contributed by atoms with Crippen molar-refractivity contribution < 1.29 is 22.8 Å². The number of rotatable bonds is 6. The first-order chi connectivity index (χ1) is 14.1. The SMILES string of the molecule is O=S(=O)(NCc1ccc(C[NH+]2CCCCC2)cc1)c1ccc2c(c1)OCCCO2.